The largest absolute Gasteiger partial charge is 0.464 e. The Morgan fingerprint density at radius 3 is 2.76 bits per heavy atom. The van der Waals surface area contributed by atoms with Crippen LogP contribution in [-0.2, 0) is 11.3 Å². The van der Waals surface area contributed by atoms with E-state index >= 15 is 0 Å². The maximum absolute atomic E-state index is 12.0. The first-order valence-electron chi connectivity index (χ1n) is 4.66. The van der Waals surface area contributed by atoms with E-state index in [2.05, 4.69) is 9.72 Å². The van der Waals surface area contributed by atoms with Crippen molar-refractivity contribution in [1.29, 1.82) is 0 Å². The highest BCUT2D eigenvalue weighted by Crippen LogP contribution is 2.30. The molecule has 0 saturated carbocycles. The number of rotatable bonds is 4. The van der Waals surface area contributed by atoms with Crippen molar-refractivity contribution in [2.75, 3.05) is 12.9 Å². The van der Waals surface area contributed by atoms with E-state index in [9.17, 15) is 18.0 Å². The molecule has 0 aliphatic carbocycles. The first-order valence-corrected chi connectivity index (χ1v) is 5.65. The Morgan fingerprint density at radius 1 is 1.59 bits per heavy atom. The molecule has 1 aromatic rings. The molecule has 8 heteroatoms. The van der Waals surface area contributed by atoms with Crippen LogP contribution >= 0.6 is 11.8 Å². The molecule has 0 unspecified atom stereocenters. The van der Waals surface area contributed by atoms with Gasteiger partial charge >= 0.3 is 11.5 Å². The van der Waals surface area contributed by atoms with Gasteiger partial charge in [0.15, 0.2) is 0 Å². The zero-order valence-corrected chi connectivity index (χ0v) is 10.1. The highest BCUT2D eigenvalue weighted by atomic mass is 32.2. The van der Waals surface area contributed by atoms with Crippen LogP contribution in [0, 0.1) is 6.92 Å². The van der Waals surface area contributed by atoms with Gasteiger partial charge in [0.05, 0.1) is 13.3 Å². The lowest BCUT2D eigenvalue weighted by atomic mass is 10.4. The number of aromatic nitrogens is 2. The number of ether oxygens (including phenoxy) is 1. The SMILES string of the molecule is COC(=O)c1cnc(C)n1CCSC(F)(F)F. The molecule has 0 aliphatic rings. The molecule has 0 aliphatic heterocycles. The van der Waals surface area contributed by atoms with Crippen LogP contribution in [0.15, 0.2) is 6.20 Å². The molecule has 0 N–H and O–H groups in total. The van der Waals surface area contributed by atoms with Crippen molar-refractivity contribution < 1.29 is 22.7 Å². The summed E-state index contributed by atoms with van der Waals surface area (Å²) in [4.78, 5) is 15.2. The van der Waals surface area contributed by atoms with Crippen molar-refractivity contribution in [3.63, 3.8) is 0 Å². The number of imidazole rings is 1. The van der Waals surface area contributed by atoms with E-state index in [0.717, 1.165) is 0 Å². The Balaban J connectivity index is 2.70. The van der Waals surface area contributed by atoms with Gasteiger partial charge in [0, 0.05) is 12.3 Å². The van der Waals surface area contributed by atoms with E-state index in [-0.39, 0.29) is 29.8 Å². The maximum Gasteiger partial charge on any atom is 0.441 e. The molecule has 96 valence electrons. The minimum absolute atomic E-state index is 0.0560. The fourth-order valence-corrected chi connectivity index (χ4v) is 1.78. The summed E-state index contributed by atoms with van der Waals surface area (Å²) in [6.07, 6.45) is 1.29. The summed E-state index contributed by atoms with van der Waals surface area (Å²) in [7, 11) is 1.21. The molecule has 1 rings (SSSR count). The number of methoxy groups -OCH3 is 1. The summed E-state index contributed by atoms with van der Waals surface area (Å²) in [6, 6.07) is 0. The monoisotopic (exact) mass is 268 g/mol. The normalized spacial score (nSPS) is 11.6. The van der Waals surface area contributed by atoms with Gasteiger partial charge in [-0.2, -0.15) is 13.2 Å². The lowest BCUT2D eigenvalue weighted by Gasteiger charge is -2.09. The summed E-state index contributed by atoms with van der Waals surface area (Å²) in [5.41, 5.74) is -4.10. The molecule has 0 spiro atoms. The van der Waals surface area contributed by atoms with Crippen LogP contribution in [0.25, 0.3) is 0 Å². The van der Waals surface area contributed by atoms with Gasteiger partial charge in [0.25, 0.3) is 0 Å². The first-order chi connectivity index (χ1) is 7.85. The minimum atomic E-state index is -4.26. The van der Waals surface area contributed by atoms with Crippen molar-refractivity contribution in [3.05, 3.63) is 17.7 Å². The molecule has 0 radical (unpaired) electrons. The molecule has 0 amide bonds. The predicted molar refractivity (Wildman–Crippen MR) is 56.8 cm³/mol. The summed E-state index contributed by atoms with van der Waals surface area (Å²) < 4.78 is 41.8. The smallest absolute Gasteiger partial charge is 0.441 e. The van der Waals surface area contributed by atoms with Gasteiger partial charge in [-0.05, 0) is 18.7 Å². The molecule has 0 aromatic carbocycles. The van der Waals surface area contributed by atoms with Crippen LogP contribution in [0.1, 0.15) is 16.3 Å². The summed E-state index contributed by atoms with van der Waals surface area (Å²) in [5, 5.41) is 0. The third-order valence-corrected chi connectivity index (χ3v) is 2.74. The van der Waals surface area contributed by atoms with E-state index in [0.29, 0.717) is 5.82 Å². The zero-order valence-electron chi connectivity index (χ0n) is 9.24. The summed E-state index contributed by atoms with van der Waals surface area (Å²) >= 11 is -0.132. The van der Waals surface area contributed by atoms with Gasteiger partial charge < -0.3 is 9.30 Å². The highest BCUT2D eigenvalue weighted by molar-refractivity contribution is 8.00. The maximum atomic E-state index is 12.0. The highest BCUT2D eigenvalue weighted by Gasteiger charge is 2.28. The van der Waals surface area contributed by atoms with Gasteiger partial charge in [-0.15, -0.1) is 0 Å². The van der Waals surface area contributed by atoms with Crippen molar-refractivity contribution >= 4 is 17.7 Å². The minimum Gasteiger partial charge on any atom is -0.464 e. The third-order valence-electron chi connectivity index (χ3n) is 2.03. The summed E-state index contributed by atoms with van der Waals surface area (Å²) in [5.74, 6) is -0.305. The molecule has 0 atom stereocenters. The molecule has 0 bridgehead atoms. The van der Waals surface area contributed by atoms with E-state index in [1.165, 1.54) is 17.9 Å². The van der Waals surface area contributed by atoms with E-state index < -0.39 is 11.5 Å². The molecule has 1 heterocycles. The van der Waals surface area contributed by atoms with Crippen LogP contribution in [0.5, 0.6) is 0 Å². The van der Waals surface area contributed by atoms with Gasteiger partial charge in [0.2, 0.25) is 0 Å². The lowest BCUT2D eigenvalue weighted by Crippen LogP contribution is -2.14. The molecule has 4 nitrogen and oxygen atoms in total. The van der Waals surface area contributed by atoms with Crippen molar-refractivity contribution in [3.8, 4) is 0 Å². The van der Waals surface area contributed by atoms with Crippen molar-refractivity contribution in [2.45, 2.75) is 19.0 Å². The number of thioether (sulfide) groups is 1. The number of hydrogen-bond donors (Lipinski definition) is 0. The topological polar surface area (TPSA) is 44.1 Å². The second kappa shape index (κ2) is 5.44. The predicted octanol–water partition coefficient (Wildman–Crippen LogP) is 2.23. The number of halogens is 3. The second-order valence-electron chi connectivity index (χ2n) is 3.13. The number of alkyl halides is 3. The number of nitrogens with zero attached hydrogens (tertiary/aromatic N) is 2. The van der Waals surface area contributed by atoms with Crippen LogP contribution in [0.4, 0.5) is 13.2 Å². The van der Waals surface area contributed by atoms with Crippen molar-refractivity contribution in [1.82, 2.24) is 9.55 Å². The van der Waals surface area contributed by atoms with Gasteiger partial charge in [-0.3, -0.25) is 0 Å². The number of carbonyl (C=O) groups is 1. The molecular formula is C9H11F3N2O2S. The standard InChI is InChI=1S/C9H11F3N2O2S/c1-6-13-5-7(8(15)16-2)14(6)3-4-17-9(10,11)12/h5H,3-4H2,1-2H3. The number of carbonyl (C=O) groups excluding carboxylic acids is 1. The Bertz CT molecular complexity index is 403. The van der Waals surface area contributed by atoms with Gasteiger partial charge in [-0.1, -0.05) is 0 Å². The van der Waals surface area contributed by atoms with Crippen LogP contribution in [0.3, 0.4) is 0 Å². The van der Waals surface area contributed by atoms with E-state index in [1.54, 1.807) is 6.92 Å². The molecular weight excluding hydrogens is 257 g/mol. The number of esters is 1. The fourth-order valence-electron chi connectivity index (χ4n) is 1.27. The van der Waals surface area contributed by atoms with Gasteiger partial charge in [-0.25, -0.2) is 9.78 Å². The summed E-state index contributed by atoms with van der Waals surface area (Å²) in [6.45, 7) is 1.67. The Hall–Kier alpha value is -1.18. The van der Waals surface area contributed by atoms with Crippen LogP contribution in [-0.4, -0.2) is 33.9 Å². The fraction of sp³-hybridized carbons (Fsp3) is 0.556. The van der Waals surface area contributed by atoms with Crippen LogP contribution < -0.4 is 0 Å². The Kier molecular flexibility index (Phi) is 4.44. The van der Waals surface area contributed by atoms with Crippen LogP contribution in [0.2, 0.25) is 0 Å². The third kappa shape index (κ3) is 3.95. The Labute approximate surface area is 100 Å². The zero-order chi connectivity index (χ0) is 13.1. The Morgan fingerprint density at radius 2 is 2.24 bits per heavy atom. The average molecular weight is 268 g/mol. The first kappa shape index (κ1) is 13.9. The molecule has 0 fully saturated rings. The quantitative estimate of drug-likeness (QED) is 0.785. The average Bonchev–Trinajstić information content (AvgIpc) is 2.58. The molecule has 1 aromatic heterocycles. The van der Waals surface area contributed by atoms with Crippen molar-refractivity contribution in [2.24, 2.45) is 0 Å². The second-order valence-corrected chi connectivity index (χ2v) is 4.29. The number of hydrogen-bond acceptors (Lipinski definition) is 4. The van der Waals surface area contributed by atoms with Gasteiger partial charge in [0.1, 0.15) is 11.5 Å². The van der Waals surface area contributed by atoms with E-state index in [1.807, 2.05) is 0 Å². The lowest BCUT2D eigenvalue weighted by molar-refractivity contribution is -0.0328. The molecule has 17 heavy (non-hydrogen) atoms. The number of aryl methyl sites for hydroxylation is 1. The van der Waals surface area contributed by atoms with E-state index in [4.69, 9.17) is 0 Å². The molecule has 0 saturated heterocycles.